The van der Waals surface area contributed by atoms with Crippen molar-refractivity contribution < 1.29 is 19.7 Å². The normalized spacial score (nSPS) is 14.0. The predicted octanol–water partition coefficient (Wildman–Crippen LogP) is 4.53. The van der Waals surface area contributed by atoms with Crippen LogP contribution in [0.15, 0.2) is 66.7 Å². The molecule has 4 rings (SSSR count). The second-order valence-electron chi connectivity index (χ2n) is 7.90. The number of benzene rings is 3. The third-order valence-corrected chi connectivity index (χ3v) is 6.20. The fraction of sp³-hybridized carbons (Fsp3) is 0.231. The molecule has 0 saturated carbocycles. The number of hydrogen-bond acceptors (Lipinski definition) is 5. The van der Waals surface area contributed by atoms with E-state index in [1.54, 1.807) is 6.07 Å². The minimum atomic E-state index is -1.21. The number of ether oxygens (including phenoxy) is 1. The first-order chi connectivity index (χ1) is 16.0. The standard InChI is InChI=1S/C26H23ClN2O4/c27-23-10-9-16(13-17(23)14-28)25(31)24(30)11-12-29-26(32)33-15-22-20-7-3-1-5-18(20)19-6-2-4-8-21(19)22/h1-10,13,22,24-25,30-31H,11-12,15H2,(H,29,32). The highest BCUT2D eigenvalue weighted by molar-refractivity contribution is 6.31. The Morgan fingerprint density at radius 1 is 1.06 bits per heavy atom. The van der Waals surface area contributed by atoms with Gasteiger partial charge < -0.3 is 20.3 Å². The number of halogens is 1. The fourth-order valence-corrected chi connectivity index (χ4v) is 4.32. The first-order valence-electron chi connectivity index (χ1n) is 10.6. The van der Waals surface area contributed by atoms with Crippen LogP contribution in [-0.4, -0.2) is 35.6 Å². The average molecular weight is 463 g/mol. The third-order valence-electron chi connectivity index (χ3n) is 5.87. The van der Waals surface area contributed by atoms with Gasteiger partial charge in [-0.3, -0.25) is 0 Å². The highest BCUT2D eigenvalue weighted by Crippen LogP contribution is 2.44. The topological polar surface area (TPSA) is 103 Å². The Labute approximate surface area is 197 Å². The number of hydrogen-bond donors (Lipinski definition) is 3. The molecule has 168 valence electrons. The van der Waals surface area contributed by atoms with Crippen molar-refractivity contribution in [1.29, 1.82) is 5.26 Å². The minimum absolute atomic E-state index is 0.0326. The van der Waals surface area contributed by atoms with E-state index in [4.69, 9.17) is 21.6 Å². The van der Waals surface area contributed by atoms with Gasteiger partial charge in [0.25, 0.3) is 0 Å². The van der Waals surface area contributed by atoms with E-state index in [1.165, 1.54) is 12.1 Å². The zero-order valence-corrected chi connectivity index (χ0v) is 18.5. The SMILES string of the molecule is N#Cc1cc(C(O)C(O)CCNC(=O)OCC2c3ccccc3-c3ccccc32)ccc1Cl. The number of carbonyl (C=O) groups is 1. The summed E-state index contributed by atoms with van der Waals surface area (Å²) >= 11 is 5.90. The van der Waals surface area contributed by atoms with Crippen LogP contribution in [0.2, 0.25) is 5.02 Å². The first-order valence-corrected chi connectivity index (χ1v) is 11.0. The van der Waals surface area contributed by atoms with Crippen molar-refractivity contribution >= 4 is 17.7 Å². The summed E-state index contributed by atoms with van der Waals surface area (Å²) in [5, 5.41) is 32.6. The number of nitrogens with one attached hydrogen (secondary N) is 1. The second-order valence-corrected chi connectivity index (χ2v) is 8.31. The summed E-state index contributed by atoms with van der Waals surface area (Å²) in [4.78, 5) is 12.2. The molecule has 0 heterocycles. The number of amides is 1. The summed E-state index contributed by atoms with van der Waals surface area (Å²) in [6.45, 7) is 0.320. The molecule has 6 nitrogen and oxygen atoms in total. The third kappa shape index (κ3) is 4.86. The lowest BCUT2D eigenvalue weighted by Crippen LogP contribution is -2.30. The van der Waals surface area contributed by atoms with E-state index in [0.717, 1.165) is 22.3 Å². The van der Waals surface area contributed by atoms with Crippen LogP contribution in [-0.2, 0) is 4.74 Å². The largest absolute Gasteiger partial charge is 0.449 e. The van der Waals surface area contributed by atoms with Crippen LogP contribution in [0.25, 0.3) is 11.1 Å². The van der Waals surface area contributed by atoms with Gasteiger partial charge in [-0.25, -0.2) is 4.79 Å². The number of fused-ring (bicyclic) bond motifs is 3. The van der Waals surface area contributed by atoms with Crippen molar-refractivity contribution in [1.82, 2.24) is 5.32 Å². The molecule has 0 saturated heterocycles. The number of rotatable bonds is 7. The van der Waals surface area contributed by atoms with Gasteiger partial charge in [-0.05, 0) is 46.4 Å². The molecular weight excluding hydrogens is 440 g/mol. The van der Waals surface area contributed by atoms with Gasteiger partial charge >= 0.3 is 6.09 Å². The molecule has 3 aromatic rings. The molecule has 0 aromatic heterocycles. The molecule has 3 N–H and O–H groups in total. The average Bonchev–Trinajstić information content (AvgIpc) is 3.16. The highest BCUT2D eigenvalue weighted by atomic mass is 35.5. The molecule has 0 fully saturated rings. The lowest BCUT2D eigenvalue weighted by Gasteiger charge is -2.19. The van der Waals surface area contributed by atoms with E-state index in [1.807, 2.05) is 42.5 Å². The lowest BCUT2D eigenvalue weighted by molar-refractivity contribution is 0.0136. The molecule has 0 aliphatic heterocycles. The first kappa shape index (κ1) is 22.8. The van der Waals surface area contributed by atoms with E-state index in [9.17, 15) is 15.0 Å². The Morgan fingerprint density at radius 3 is 2.33 bits per heavy atom. The fourth-order valence-electron chi connectivity index (χ4n) is 4.16. The summed E-state index contributed by atoms with van der Waals surface area (Å²) in [5.74, 6) is -0.0326. The summed E-state index contributed by atoms with van der Waals surface area (Å²) in [5.41, 5.74) is 5.17. The molecule has 0 bridgehead atoms. The highest BCUT2D eigenvalue weighted by Gasteiger charge is 2.29. The molecule has 0 radical (unpaired) electrons. The molecule has 1 aliphatic carbocycles. The van der Waals surface area contributed by atoms with Crippen LogP contribution in [0.5, 0.6) is 0 Å². The molecule has 2 atom stereocenters. The van der Waals surface area contributed by atoms with Gasteiger partial charge in [0, 0.05) is 12.5 Å². The molecular formula is C26H23ClN2O4. The number of nitriles is 1. The molecule has 33 heavy (non-hydrogen) atoms. The van der Waals surface area contributed by atoms with Gasteiger partial charge in [-0.1, -0.05) is 66.2 Å². The lowest BCUT2D eigenvalue weighted by atomic mass is 9.98. The van der Waals surface area contributed by atoms with Gasteiger partial charge in [0.2, 0.25) is 0 Å². The van der Waals surface area contributed by atoms with Crippen LogP contribution in [0.1, 0.15) is 40.7 Å². The van der Waals surface area contributed by atoms with Crippen molar-refractivity contribution in [2.45, 2.75) is 24.5 Å². The molecule has 3 aromatic carbocycles. The molecule has 7 heteroatoms. The number of aliphatic hydroxyl groups excluding tert-OH is 2. The zero-order valence-electron chi connectivity index (χ0n) is 17.7. The molecule has 1 amide bonds. The van der Waals surface area contributed by atoms with Crippen LogP contribution in [0.3, 0.4) is 0 Å². The second kappa shape index (κ2) is 10.1. The molecule has 1 aliphatic rings. The number of nitrogens with zero attached hydrogens (tertiary/aromatic N) is 1. The summed E-state index contributed by atoms with van der Waals surface area (Å²) in [7, 11) is 0. The van der Waals surface area contributed by atoms with Gasteiger partial charge in [-0.15, -0.1) is 0 Å². The molecule has 0 spiro atoms. The van der Waals surface area contributed by atoms with Gasteiger partial charge in [-0.2, -0.15) is 5.26 Å². The molecule has 2 unspecified atom stereocenters. The van der Waals surface area contributed by atoms with Crippen LogP contribution < -0.4 is 5.32 Å². The maximum absolute atomic E-state index is 12.2. The van der Waals surface area contributed by atoms with E-state index in [0.29, 0.717) is 5.56 Å². The minimum Gasteiger partial charge on any atom is -0.449 e. The summed E-state index contributed by atoms with van der Waals surface area (Å²) < 4.78 is 5.47. The smallest absolute Gasteiger partial charge is 0.407 e. The van der Waals surface area contributed by atoms with Gasteiger partial charge in [0.1, 0.15) is 18.8 Å². The zero-order chi connectivity index (χ0) is 23.4. The van der Waals surface area contributed by atoms with Crippen molar-refractivity contribution in [2.75, 3.05) is 13.2 Å². The Balaban J connectivity index is 1.29. The van der Waals surface area contributed by atoms with Gasteiger partial charge in [0.05, 0.1) is 16.7 Å². The van der Waals surface area contributed by atoms with E-state index in [2.05, 4.69) is 17.4 Å². The quantitative estimate of drug-likeness (QED) is 0.478. The number of aliphatic hydroxyl groups is 2. The number of carbonyl (C=O) groups excluding carboxylic acids is 1. The van der Waals surface area contributed by atoms with Gasteiger partial charge in [0.15, 0.2) is 0 Å². The maximum atomic E-state index is 12.2. The van der Waals surface area contributed by atoms with E-state index >= 15 is 0 Å². The summed E-state index contributed by atoms with van der Waals surface area (Å²) in [6.07, 6.45) is -2.82. The van der Waals surface area contributed by atoms with Crippen molar-refractivity contribution in [3.8, 4) is 17.2 Å². The number of alkyl carbamates (subject to hydrolysis) is 1. The predicted molar refractivity (Wildman–Crippen MR) is 125 cm³/mol. The van der Waals surface area contributed by atoms with Crippen molar-refractivity contribution in [2.24, 2.45) is 0 Å². The Hall–Kier alpha value is -3.37. The van der Waals surface area contributed by atoms with Crippen LogP contribution >= 0.6 is 11.6 Å². The summed E-state index contributed by atoms with van der Waals surface area (Å²) in [6, 6.07) is 22.6. The van der Waals surface area contributed by atoms with Crippen molar-refractivity contribution in [3.05, 3.63) is 94.0 Å². The van der Waals surface area contributed by atoms with E-state index < -0.39 is 18.3 Å². The van der Waals surface area contributed by atoms with Crippen molar-refractivity contribution in [3.63, 3.8) is 0 Å². The van der Waals surface area contributed by atoms with E-state index in [-0.39, 0.29) is 36.1 Å². The van der Waals surface area contributed by atoms with Crippen LogP contribution in [0.4, 0.5) is 4.79 Å². The van der Waals surface area contributed by atoms with Crippen LogP contribution in [0, 0.1) is 11.3 Å². The monoisotopic (exact) mass is 462 g/mol. The maximum Gasteiger partial charge on any atom is 0.407 e. The Bertz CT molecular complexity index is 1160. The Morgan fingerprint density at radius 2 is 1.70 bits per heavy atom. The Kier molecular flexibility index (Phi) is 6.95.